The Hall–Kier alpha value is -0.120. The molecule has 0 unspecified atom stereocenters. The van der Waals surface area contributed by atoms with Crippen molar-refractivity contribution < 1.29 is 9.47 Å². The predicted octanol–water partition coefficient (Wildman–Crippen LogP) is 2.23. The summed E-state index contributed by atoms with van der Waals surface area (Å²) in [5.41, 5.74) is 0.269. The summed E-state index contributed by atoms with van der Waals surface area (Å²) < 4.78 is 10.9. The summed E-state index contributed by atoms with van der Waals surface area (Å²) in [7, 11) is 1.85. The molecule has 1 saturated carbocycles. The summed E-state index contributed by atoms with van der Waals surface area (Å²) in [6, 6.07) is 0. The Bertz CT molecular complexity index is 370. The molecule has 1 aliphatic heterocycles. The van der Waals surface area contributed by atoms with Crippen molar-refractivity contribution in [1.82, 2.24) is 15.5 Å². The van der Waals surface area contributed by atoms with Crippen molar-refractivity contribution >= 4 is 29.9 Å². The average molecular weight is 468 g/mol. The fourth-order valence-electron chi connectivity index (χ4n) is 3.85. The van der Waals surface area contributed by atoms with Crippen LogP contribution >= 0.6 is 24.0 Å². The molecule has 1 aliphatic carbocycles. The molecule has 6 nitrogen and oxygen atoms in total. The van der Waals surface area contributed by atoms with E-state index < -0.39 is 0 Å². The van der Waals surface area contributed by atoms with Crippen LogP contribution in [0.1, 0.15) is 45.4 Å². The van der Waals surface area contributed by atoms with Crippen molar-refractivity contribution in [2.24, 2.45) is 4.99 Å². The molecule has 0 aromatic rings. The van der Waals surface area contributed by atoms with Crippen molar-refractivity contribution in [3.05, 3.63) is 0 Å². The van der Waals surface area contributed by atoms with E-state index in [9.17, 15) is 0 Å². The maximum Gasteiger partial charge on any atom is 0.191 e. The first-order valence-electron chi connectivity index (χ1n) is 9.66. The van der Waals surface area contributed by atoms with Gasteiger partial charge in [0.2, 0.25) is 0 Å². The molecule has 25 heavy (non-hydrogen) atoms. The van der Waals surface area contributed by atoms with Gasteiger partial charge in [0, 0.05) is 52.0 Å². The third-order valence-electron chi connectivity index (χ3n) is 5.24. The highest BCUT2D eigenvalue weighted by molar-refractivity contribution is 14.0. The summed E-state index contributed by atoms with van der Waals surface area (Å²) in [6.45, 7) is 9.33. The largest absolute Gasteiger partial charge is 0.382 e. The average Bonchev–Trinajstić information content (AvgIpc) is 2.65. The van der Waals surface area contributed by atoms with E-state index in [-0.39, 0.29) is 29.5 Å². The number of ether oxygens (including phenoxy) is 2. The lowest BCUT2D eigenvalue weighted by atomic mass is 9.80. The fourth-order valence-corrected chi connectivity index (χ4v) is 3.85. The van der Waals surface area contributed by atoms with Gasteiger partial charge < -0.3 is 20.1 Å². The molecule has 1 saturated heterocycles. The number of hydrogen-bond acceptors (Lipinski definition) is 4. The van der Waals surface area contributed by atoms with E-state index in [1.165, 1.54) is 32.1 Å². The number of nitrogens with zero attached hydrogens (tertiary/aromatic N) is 2. The Morgan fingerprint density at radius 3 is 2.52 bits per heavy atom. The Morgan fingerprint density at radius 2 is 1.88 bits per heavy atom. The quantitative estimate of drug-likeness (QED) is 0.248. The highest BCUT2D eigenvalue weighted by Gasteiger charge is 2.38. The molecule has 0 atom stereocenters. The van der Waals surface area contributed by atoms with E-state index in [4.69, 9.17) is 9.47 Å². The van der Waals surface area contributed by atoms with Crippen LogP contribution < -0.4 is 10.6 Å². The molecule has 2 aliphatic rings. The van der Waals surface area contributed by atoms with Gasteiger partial charge in [-0.2, -0.15) is 0 Å². The van der Waals surface area contributed by atoms with Gasteiger partial charge in [-0.05, 0) is 26.2 Å². The van der Waals surface area contributed by atoms with Gasteiger partial charge in [-0.25, -0.2) is 0 Å². The number of halogens is 1. The van der Waals surface area contributed by atoms with Crippen LogP contribution in [-0.4, -0.2) is 76.1 Å². The van der Waals surface area contributed by atoms with E-state index >= 15 is 0 Å². The van der Waals surface area contributed by atoms with Gasteiger partial charge in [-0.1, -0.05) is 19.3 Å². The second kappa shape index (κ2) is 13.1. The van der Waals surface area contributed by atoms with Gasteiger partial charge in [-0.15, -0.1) is 24.0 Å². The molecule has 0 aromatic heterocycles. The number of aliphatic imine (C=N–C) groups is 1. The van der Waals surface area contributed by atoms with E-state index in [1.54, 1.807) is 0 Å². The lowest BCUT2D eigenvalue weighted by Gasteiger charge is -2.48. The minimum Gasteiger partial charge on any atom is -0.382 e. The summed E-state index contributed by atoms with van der Waals surface area (Å²) in [6.07, 6.45) is 7.60. The smallest absolute Gasteiger partial charge is 0.191 e. The van der Waals surface area contributed by atoms with Gasteiger partial charge in [-0.3, -0.25) is 9.89 Å². The van der Waals surface area contributed by atoms with Crippen LogP contribution in [-0.2, 0) is 9.47 Å². The SMILES string of the molecule is CCOCCCNC(=NC)NCC1(N2CCOCC2)CCCCC1.I. The Labute approximate surface area is 170 Å². The first kappa shape index (κ1) is 22.9. The van der Waals surface area contributed by atoms with Crippen molar-refractivity contribution in [3.63, 3.8) is 0 Å². The van der Waals surface area contributed by atoms with Crippen molar-refractivity contribution in [2.45, 2.75) is 51.0 Å². The van der Waals surface area contributed by atoms with E-state index in [1.807, 2.05) is 14.0 Å². The molecule has 148 valence electrons. The van der Waals surface area contributed by atoms with Gasteiger partial charge >= 0.3 is 0 Å². The number of nitrogens with one attached hydrogen (secondary N) is 2. The molecule has 0 radical (unpaired) electrons. The second-order valence-electron chi connectivity index (χ2n) is 6.79. The zero-order valence-electron chi connectivity index (χ0n) is 16.0. The number of guanidine groups is 1. The molecule has 0 spiro atoms. The maximum absolute atomic E-state index is 5.56. The van der Waals surface area contributed by atoms with Gasteiger partial charge in [0.05, 0.1) is 13.2 Å². The van der Waals surface area contributed by atoms with Crippen LogP contribution in [0.25, 0.3) is 0 Å². The molecule has 0 amide bonds. The van der Waals surface area contributed by atoms with Crippen LogP contribution in [0.4, 0.5) is 0 Å². The highest BCUT2D eigenvalue weighted by atomic mass is 127. The normalized spacial score (nSPS) is 21.4. The molecule has 1 heterocycles. The van der Waals surface area contributed by atoms with Crippen molar-refractivity contribution in [2.75, 3.05) is 59.7 Å². The maximum atomic E-state index is 5.56. The fraction of sp³-hybridized carbons (Fsp3) is 0.944. The van der Waals surface area contributed by atoms with Crippen LogP contribution in [0.2, 0.25) is 0 Å². The van der Waals surface area contributed by atoms with E-state index in [0.29, 0.717) is 0 Å². The minimum atomic E-state index is 0. The first-order valence-corrected chi connectivity index (χ1v) is 9.66. The first-order chi connectivity index (χ1) is 11.8. The van der Waals surface area contributed by atoms with Gasteiger partial charge in [0.15, 0.2) is 5.96 Å². The van der Waals surface area contributed by atoms with Crippen LogP contribution in [0.5, 0.6) is 0 Å². The molecule has 7 heteroatoms. The van der Waals surface area contributed by atoms with E-state index in [2.05, 4.69) is 20.5 Å². The number of hydrogen-bond donors (Lipinski definition) is 2. The monoisotopic (exact) mass is 468 g/mol. The second-order valence-corrected chi connectivity index (χ2v) is 6.79. The van der Waals surface area contributed by atoms with Crippen LogP contribution in [0, 0.1) is 0 Å². The predicted molar refractivity (Wildman–Crippen MR) is 114 cm³/mol. The summed E-state index contributed by atoms with van der Waals surface area (Å²) >= 11 is 0. The topological polar surface area (TPSA) is 58.1 Å². The number of rotatable bonds is 8. The molecular formula is C18H37IN4O2. The lowest BCUT2D eigenvalue weighted by Crippen LogP contribution is -2.60. The molecule has 2 fully saturated rings. The molecule has 2 rings (SSSR count). The molecular weight excluding hydrogens is 431 g/mol. The van der Waals surface area contributed by atoms with Gasteiger partial charge in [0.25, 0.3) is 0 Å². The van der Waals surface area contributed by atoms with Crippen LogP contribution in [0.3, 0.4) is 0 Å². The molecule has 0 aromatic carbocycles. The Balaban J connectivity index is 0.00000312. The molecule has 0 bridgehead atoms. The summed E-state index contributed by atoms with van der Waals surface area (Å²) in [5, 5.41) is 6.99. The highest BCUT2D eigenvalue weighted by Crippen LogP contribution is 2.33. The van der Waals surface area contributed by atoms with Crippen molar-refractivity contribution in [1.29, 1.82) is 0 Å². The summed E-state index contributed by atoms with van der Waals surface area (Å²) in [5.74, 6) is 0.907. The Morgan fingerprint density at radius 1 is 1.16 bits per heavy atom. The molecule has 2 N–H and O–H groups in total. The third-order valence-corrected chi connectivity index (χ3v) is 5.24. The lowest BCUT2D eigenvalue weighted by molar-refractivity contribution is -0.0352. The van der Waals surface area contributed by atoms with Gasteiger partial charge in [0.1, 0.15) is 0 Å². The Kier molecular flexibility index (Phi) is 12.0. The van der Waals surface area contributed by atoms with Crippen LogP contribution in [0.15, 0.2) is 4.99 Å². The van der Waals surface area contributed by atoms with E-state index in [0.717, 1.165) is 65.0 Å². The third kappa shape index (κ3) is 7.56. The number of morpholine rings is 1. The zero-order chi connectivity index (χ0) is 17.1. The minimum absolute atomic E-state index is 0. The standard InChI is InChI=1S/C18H36N4O2.HI/c1-3-23-13-7-10-20-17(19-2)21-16-18(8-5-4-6-9-18)22-11-14-24-15-12-22;/h3-16H2,1-2H3,(H2,19,20,21);1H. The summed E-state index contributed by atoms with van der Waals surface area (Å²) in [4.78, 5) is 7.03. The van der Waals surface area contributed by atoms with Crippen molar-refractivity contribution in [3.8, 4) is 0 Å². The zero-order valence-corrected chi connectivity index (χ0v) is 18.3.